The summed E-state index contributed by atoms with van der Waals surface area (Å²) < 4.78 is 16.3. The van der Waals surface area contributed by atoms with Crippen molar-refractivity contribution in [2.45, 2.75) is 40.7 Å². The molecule has 0 saturated carbocycles. The summed E-state index contributed by atoms with van der Waals surface area (Å²) in [5, 5.41) is 11.9. The zero-order valence-electron chi connectivity index (χ0n) is 22.6. The van der Waals surface area contributed by atoms with Crippen molar-refractivity contribution < 1.29 is 33.7 Å². The van der Waals surface area contributed by atoms with E-state index in [2.05, 4.69) is 9.97 Å². The first-order valence-electron chi connectivity index (χ1n) is 12.1. The SMILES string of the molecule is COC(=O)c1sc(N2C(=O)C(O)=C(C(=O)c3sc(C)nc3C)C2c2ccc(OCC(C)C)c(OC)c2)nc1C. The van der Waals surface area contributed by atoms with Crippen molar-refractivity contribution in [2.24, 2.45) is 5.92 Å². The molecular formula is C27H29N3O7S2. The van der Waals surface area contributed by atoms with Gasteiger partial charge in [0.15, 0.2) is 22.4 Å². The number of aliphatic hydroxyl groups excluding tert-OH is 1. The number of thiazole rings is 2. The van der Waals surface area contributed by atoms with Crippen LogP contribution in [0.15, 0.2) is 29.5 Å². The number of esters is 1. The lowest BCUT2D eigenvalue weighted by Crippen LogP contribution is -2.31. The van der Waals surface area contributed by atoms with Crippen molar-refractivity contribution in [1.29, 1.82) is 0 Å². The van der Waals surface area contributed by atoms with E-state index in [1.54, 1.807) is 39.0 Å². The van der Waals surface area contributed by atoms with Gasteiger partial charge in [0, 0.05) is 0 Å². The van der Waals surface area contributed by atoms with Crippen LogP contribution < -0.4 is 14.4 Å². The predicted molar refractivity (Wildman–Crippen MR) is 147 cm³/mol. The molecule has 1 aliphatic rings. The molecule has 2 aromatic heterocycles. The van der Waals surface area contributed by atoms with Crippen LogP contribution in [0.3, 0.4) is 0 Å². The van der Waals surface area contributed by atoms with Crippen LogP contribution in [0.25, 0.3) is 0 Å². The fraction of sp³-hybridized carbons (Fsp3) is 0.370. The Labute approximate surface area is 233 Å². The Bertz CT molecular complexity index is 1490. The lowest BCUT2D eigenvalue weighted by molar-refractivity contribution is -0.117. The van der Waals surface area contributed by atoms with Crippen LogP contribution in [0.4, 0.5) is 5.13 Å². The van der Waals surface area contributed by atoms with Gasteiger partial charge in [0.25, 0.3) is 5.91 Å². The number of nitrogens with zero attached hydrogens (tertiary/aromatic N) is 3. The third-order valence-electron chi connectivity index (χ3n) is 6.00. The predicted octanol–water partition coefficient (Wildman–Crippen LogP) is 5.14. The number of carbonyl (C=O) groups is 3. The van der Waals surface area contributed by atoms with Crippen LogP contribution in [-0.4, -0.2) is 53.6 Å². The lowest BCUT2D eigenvalue weighted by Gasteiger charge is -2.25. The largest absolute Gasteiger partial charge is 0.503 e. The summed E-state index contributed by atoms with van der Waals surface area (Å²) in [6, 6.07) is 4.02. The van der Waals surface area contributed by atoms with E-state index in [0.717, 1.165) is 11.3 Å². The number of amides is 1. The summed E-state index contributed by atoms with van der Waals surface area (Å²) in [5.74, 6) is -1.44. The maximum Gasteiger partial charge on any atom is 0.350 e. The Balaban J connectivity index is 1.88. The van der Waals surface area contributed by atoms with Crippen molar-refractivity contribution in [3.05, 3.63) is 61.2 Å². The number of ether oxygens (including phenoxy) is 3. The van der Waals surface area contributed by atoms with Crippen LogP contribution in [0.2, 0.25) is 0 Å². The molecule has 0 bridgehead atoms. The van der Waals surface area contributed by atoms with Gasteiger partial charge in [-0.05, 0) is 44.4 Å². The molecule has 0 radical (unpaired) electrons. The van der Waals surface area contributed by atoms with Crippen LogP contribution in [-0.2, 0) is 9.53 Å². The van der Waals surface area contributed by atoms with Gasteiger partial charge in [0.05, 0.1) is 53.7 Å². The molecule has 39 heavy (non-hydrogen) atoms. The maximum absolute atomic E-state index is 13.8. The van der Waals surface area contributed by atoms with E-state index in [9.17, 15) is 19.5 Å². The van der Waals surface area contributed by atoms with Crippen LogP contribution in [0, 0.1) is 26.7 Å². The molecule has 206 valence electrons. The van der Waals surface area contributed by atoms with Gasteiger partial charge in [-0.1, -0.05) is 31.3 Å². The molecule has 4 rings (SSSR count). The summed E-state index contributed by atoms with van der Waals surface area (Å²) in [6.07, 6.45) is 0. The van der Waals surface area contributed by atoms with Crippen LogP contribution in [0.1, 0.15) is 61.2 Å². The molecule has 0 aliphatic carbocycles. The number of hydrogen-bond donors (Lipinski definition) is 1. The van der Waals surface area contributed by atoms with Crippen LogP contribution in [0.5, 0.6) is 11.5 Å². The smallest absolute Gasteiger partial charge is 0.350 e. The molecular weight excluding hydrogens is 542 g/mol. The fourth-order valence-electron chi connectivity index (χ4n) is 4.21. The van der Waals surface area contributed by atoms with Crippen molar-refractivity contribution in [1.82, 2.24) is 9.97 Å². The van der Waals surface area contributed by atoms with Crippen molar-refractivity contribution in [3.8, 4) is 11.5 Å². The zero-order chi connectivity index (χ0) is 28.6. The molecule has 1 amide bonds. The average Bonchev–Trinajstić information content (AvgIpc) is 3.53. The van der Waals surface area contributed by atoms with Gasteiger partial charge in [-0.25, -0.2) is 14.8 Å². The summed E-state index contributed by atoms with van der Waals surface area (Å²) in [5.41, 5.74) is 1.23. The Morgan fingerprint density at radius 3 is 2.33 bits per heavy atom. The van der Waals surface area contributed by atoms with E-state index in [1.807, 2.05) is 13.8 Å². The minimum absolute atomic E-state index is 0.114. The second kappa shape index (κ2) is 11.1. The first kappa shape index (κ1) is 28.2. The molecule has 1 atom stereocenters. The molecule has 0 saturated heterocycles. The van der Waals surface area contributed by atoms with Gasteiger partial charge < -0.3 is 19.3 Å². The lowest BCUT2D eigenvalue weighted by atomic mass is 9.95. The van der Waals surface area contributed by atoms with Crippen molar-refractivity contribution in [3.63, 3.8) is 0 Å². The number of hydrogen-bond acceptors (Lipinski definition) is 11. The molecule has 12 heteroatoms. The van der Waals surface area contributed by atoms with E-state index in [4.69, 9.17) is 14.2 Å². The highest BCUT2D eigenvalue weighted by atomic mass is 32.1. The number of aromatic nitrogens is 2. The first-order valence-corrected chi connectivity index (χ1v) is 13.7. The summed E-state index contributed by atoms with van der Waals surface area (Å²) in [4.78, 5) is 50.2. The van der Waals surface area contributed by atoms with Gasteiger partial charge in [0.2, 0.25) is 5.78 Å². The zero-order valence-corrected chi connectivity index (χ0v) is 24.3. The molecule has 0 spiro atoms. The minimum Gasteiger partial charge on any atom is -0.503 e. The molecule has 1 aromatic carbocycles. The third kappa shape index (κ3) is 5.26. The first-order chi connectivity index (χ1) is 18.5. The van der Waals surface area contributed by atoms with E-state index in [1.165, 1.54) is 30.5 Å². The van der Waals surface area contributed by atoms with E-state index < -0.39 is 29.5 Å². The number of Topliss-reactive ketones (excluding diaryl/α,β-unsaturated/α-hetero) is 1. The van der Waals surface area contributed by atoms with Gasteiger partial charge in [-0.15, -0.1) is 11.3 Å². The number of aryl methyl sites for hydroxylation is 3. The maximum atomic E-state index is 13.8. The quantitative estimate of drug-likeness (QED) is 0.274. The number of rotatable bonds is 9. The van der Waals surface area contributed by atoms with E-state index in [-0.39, 0.29) is 21.5 Å². The number of benzene rings is 1. The van der Waals surface area contributed by atoms with Crippen molar-refractivity contribution >= 4 is 45.5 Å². The Kier molecular flexibility index (Phi) is 8.07. The third-order valence-corrected chi connectivity index (χ3v) is 8.21. The Hall–Kier alpha value is -3.77. The number of methoxy groups -OCH3 is 2. The highest BCUT2D eigenvalue weighted by Crippen LogP contribution is 2.46. The van der Waals surface area contributed by atoms with Gasteiger partial charge >= 0.3 is 5.97 Å². The summed E-state index contributed by atoms with van der Waals surface area (Å²) in [7, 11) is 2.75. The molecule has 10 nitrogen and oxygen atoms in total. The number of carbonyl (C=O) groups excluding carboxylic acids is 3. The average molecular weight is 572 g/mol. The molecule has 0 fully saturated rings. The number of aliphatic hydroxyl groups is 1. The molecule has 1 unspecified atom stereocenters. The normalized spacial score (nSPS) is 15.3. The number of anilines is 1. The summed E-state index contributed by atoms with van der Waals surface area (Å²) >= 11 is 2.12. The van der Waals surface area contributed by atoms with Gasteiger partial charge in [-0.3, -0.25) is 14.5 Å². The highest BCUT2D eigenvalue weighted by molar-refractivity contribution is 7.17. The van der Waals surface area contributed by atoms with Gasteiger partial charge in [-0.2, -0.15) is 0 Å². The standard InChI is InChI=1S/C27H29N3O7S2/c1-12(2)11-37-17-9-8-16(10-18(17)35-6)20-19(21(31)23-13(3)28-15(5)38-23)22(32)25(33)30(20)27-29-14(4)24(39-27)26(34)36-7/h8-10,12,20,32H,11H2,1-7H3. The second-order valence-electron chi connectivity index (χ2n) is 9.33. The topological polar surface area (TPSA) is 128 Å². The molecule has 1 N–H and O–H groups in total. The van der Waals surface area contributed by atoms with Crippen LogP contribution >= 0.6 is 22.7 Å². The van der Waals surface area contributed by atoms with E-state index in [0.29, 0.717) is 44.9 Å². The second-order valence-corrected chi connectivity index (χ2v) is 11.5. The minimum atomic E-state index is -1.06. The molecule has 3 heterocycles. The Morgan fingerprint density at radius 2 is 1.74 bits per heavy atom. The van der Waals surface area contributed by atoms with E-state index >= 15 is 0 Å². The fourth-order valence-corrected chi connectivity index (χ4v) is 6.10. The highest BCUT2D eigenvalue weighted by Gasteiger charge is 2.47. The monoisotopic (exact) mass is 571 g/mol. The van der Waals surface area contributed by atoms with Crippen molar-refractivity contribution in [2.75, 3.05) is 25.7 Å². The molecule has 1 aliphatic heterocycles. The molecule has 3 aromatic rings. The van der Waals surface area contributed by atoms with Gasteiger partial charge in [0.1, 0.15) is 4.88 Å². The number of ketones is 1. The summed E-state index contributed by atoms with van der Waals surface area (Å²) in [6.45, 7) is 9.61. The Morgan fingerprint density at radius 1 is 1.05 bits per heavy atom.